The second kappa shape index (κ2) is 9.54. The normalized spacial score (nSPS) is 25.3. The van der Waals surface area contributed by atoms with Gasteiger partial charge in [0.2, 0.25) is 0 Å². The molecule has 3 aliphatic heterocycles. The molecule has 0 spiro atoms. The van der Waals surface area contributed by atoms with Crippen LogP contribution in [0.2, 0.25) is 0 Å². The Morgan fingerprint density at radius 3 is 1.63 bits per heavy atom. The standard InChI is InChI=1S/C26H34O10P2/c1-16-10-11-31-17-6-8-19(37(29)32-12-25(2,3)13-33-37)23(27)21(17)22-18(36-16)7-9-20(24(22)28)38(30)34-14-26(4,5)15-35-38/h6-9,16,27-28H,10-15H2,1-5H3/t16-/m0/s1. The van der Waals surface area contributed by atoms with Gasteiger partial charge >= 0.3 is 15.2 Å². The van der Waals surface area contributed by atoms with Crippen LogP contribution in [0.15, 0.2) is 24.3 Å². The number of aromatic hydroxyl groups is 2. The first kappa shape index (κ1) is 27.5. The summed E-state index contributed by atoms with van der Waals surface area (Å²) in [5.74, 6) is -0.484. The lowest BCUT2D eigenvalue weighted by atomic mass is 9.97. The lowest BCUT2D eigenvalue weighted by molar-refractivity contribution is 0.0460. The molecular formula is C26H34O10P2. The minimum Gasteiger partial charge on any atom is -0.506 e. The minimum absolute atomic E-state index is 0.0156. The Balaban J connectivity index is 1.69. The Morgan fingerprint density at radius 1 is 0.737 bits per heavy atom. The van der Waals surface area contributed by atoms with Gasteiger partial charge in [0.05, 0.1) is 50.3 Å². The van der Waals surface area contributed by atoms with Crippen LogP contribution in [0.25, 0.3) is 11.1 Å². The molecule has 2 N–H and O–H groups in total. The monoisotopic (exact) mass is 568 g/mol. The van der Waals surface area contributed by atoms with Crippen molar-refractivity contribution in [3.05, 3.63) is 24.3 Å². The largest absolute Gasteiger partial charge is 0.506 e. The van der Waals surface area contributed by atoms with Crippen molar-refractivity contribution < 1.29 is 46.9 Å². The topological polar surface area (TPSA) is 130 Å². The van der Waals surface area contributed by atoms with Gasteiger partial charge in [-0.3, -0.25) is 9.13 Å². The van der Waals surface area contributed by atoms with Crippen molar-refractivity contribution in [3.8, 4) is 34.1 Å². The molecule has 0 aromatic heterocycles. The van der Waals surface area contributed by atoms with E-state index in [4.69, 9.17) is 27.6 Å². The van der Waals surface area contributed by atoms with E-state index in [9.17, 15) is 19.3 Å². The van der Waals surface area contributed by atoms with Crippen molar-refractivity contribution in [1.29, 1.82) is 0 Å². The van der Waals surface area contributed by atoms with E-state index in [1.54, 1.807) is 12.1 Å². The van der Waals surface area contributed by atoms with Crippen LogP contribution in [-0.2, 0) is 27.2 Å². The number of ether oxygens (including phenoxy) is 2. The smallest absolute Gasteiger partial charge is 0.365 e. The Bertz CT molecular complexity index is 1320. The van der Waals surface area contributed by atoms with Crippen LogP contribution in [0, 0.1) is 10.8 Å². The number of phenolic OH excluding ortho intramolecular Hbond substituents is 2. The van der Waals surface area contributed by atoms with Crippen LogP contribution < -0.4 is 20.1 Å². The van der Waals surface area contributed by atoms with E-state index in [1.807, 2.05) is 34.6 Å². The van der Waals surface area contributed by atoms with E-state index >= 15 is 0 Å². The van der Waals surface area contributed by atoms with E-state index in [2.05, 4.69) is 0 Å². The zero-order valence-corrected chi connectivity index (χ0v) is 24.0. The molecule has 38 heavy (non-hydrogen) atoms. The lowest BCUT2D eigenvalue weighted by Crippen LogP contribution is -2.32. The zero-order valence-electron chi connectivity index (χ0n) is 22.2. The number of benzene rings is 2. The third kappa shape index (κ3) is 4.99. The summed E-state index contributed by atoms with van der Waals surface area (Å²) >= 11 is 0. The first-order valence-electron chi connectivity index (χ1n) is 12.5. The van der Waals surface area contributed by atoms with Crippen molar-refractivity contribution in [3.63, 3.8) is 0 Å². The SMILES string of the molecule is C[C@H]1CCOc2ccc(P3(=O)OCC(C)(C)CO3)c(O)c2-c2c(ccc(P3(=O)OCC(C)(C)CO3)c2O)O1. The summed E-state index contributed by atoms with van der Waals surface area (Å²) in [6.07, 6.45) is 0.211. The van der Waals surface area contributed by atoms with Gasteiger partial charge in [-0.25, -0.2) is 0 Å². The fraction of sp³-hybridized carbons (Fsp3) is 0.538. The number of rotatable bonds is 2. The molecule has 0 amide bonds. The van der Waals surface area contributed by atoms with E-state index < -0.39 is 26.7 Å². The maximum Gasteiger partial charge on any atom is 0.365 e. The molecule has 2 aromatic rings. The highest BCUT2D eigenvalue weighted by Crippen LogP contribution is 2.60. The molecule has 0 saturated carbocycles. The number of hydrogen-bond acceptors (Lipinski definition) is 10. The third-order valence-electron chi connectivity index (χ3n) is 6.69. The van der Waals surface area contributed by atoms with Gasteiger partial charge in [-0.05, 0) is 31.2 Å². The van der Waals surface area contributed by atoms with Gasteiger partial charge in [0.15, 0.2) is 0 Å². The molecule has 1 atom stereocenters. The molecule has 2 fully saturated rings. The predicted octanol–water partition coefficient (Wildman–Crippen LogP) is 5.10. The van der Waals surface area contributed by atoms with Crippen LogP contribution in [0.4, 0.5) is 0 Å². The Kier molecular flexibility index (Phi) is 6.91. The fourth-order valence-corrected chi connectivity index (χ4v) is 8.39. The minimum atomic E-state index is -3.91. The van der Waals surface area contributed by atoms with Gasteiger partial charge in [0, 0.05) is 17.3 Å². The van der Waals surface area contributed by atoms with Crippen molar-refractivity contribution in [2.75, 3.05) is 33.0 Å². The van der Waals surface area contributed by atoms with Gasteiger partial charge in [0.1, 0.15) is 33.6 Å². The second-order valence-electron chi connectivity index (χ2n) is 11.6. The summed E-state index contributed by atoms with van der Waals surface area (Å²) in [7, 11) is -7.81. The molecule has 0 aliphatic carbocycles. The average Bonchev–Trinajstić information content (AvgIpc) is 2.91. The molecule has 2 saturated heterocycles. The molecule has 5 rings (SSSR count). The summed E-state index contributed by atoms with van der Waals surface area (Å²) in [4.78, 5) is 0. The van der Waals surface area contributed by atoms with Crippen molar-refractivity contribution in [2.24, 2.45) is 10.8 Å². The maximum absolute atomic E-state index is 13.7. The molecule has 3 aliphatic rings. The summed E-state index contributed by atoms with van der Waals surface area (Å²) in [5, 5.41) is 23.0. The highest BCUT2D eigenvalue weighted by Gasteiger charge is 2.44. The van der Waals surface area contributed by atoms with Crippen LogP contribution in [-0.4, -0.2) is 49.4 Å². The quantitative estimate of drug-likeness (QED) is 0.472. The molecule has 208 valence electrons. The van der Waals surface area contributed by atoms with E-state index in [-0.39, 0.29) is 83.2 Å². The van der Waals surface area contributed by atoms with Crippen LogP contribution in [0.1, 0.15) is 41.0 Å². The first-order valence-corrected chi connectivity index (χ1v) is 15.6. The Morgan fingerprint density at radius 2 is 1.16 bits per heavy atom. The summed E-state index contributed by atoms with van der Waals surface area (Å²) in [6, 6.07) is 5.97. The molecular weight excluding hydrogens is 534 g/mol. The lowest BCUT2D eigenvalue weighted by Gasteiger charge is -2.35. The predicted molar refractivity (Wildman–Crippen MR) is 141 cm³/mol. The van der Waals surface area contributed by atoms with E-state index in [1.165, 1.54) is 12.1 Å². The average molecular weight is 568 g/mol. The van der Waals surface area contributed by atoms with Crippen molar-refractivity contribution >= 4 is 25.8 Å². The van der Waals surface area contributed by atoms with Crippen LogP contribution in [0.5, 0.6) is 23.0 Å². The summed E-state index contributed by atoms with van der Waals surface area (Å²) in [6.45, 7) is 10.4. The fourth-order valence-electron chi connectivity index (χ4n) is 4.35. The number of fused-ring (bicyclic) bond motifs is 3. The Hall–Kier alpha value is -2.06. The third-order valence-corrected chi connectivity index (χ3v) is 10.5. The van der Waals surface area contributed by atoms with Gasteiger partial charge in [0.25, 0.3) is 0 Å². The van der Waals surface area contributed by atoms with Crippen LogP contribution in [0.3, 0.4) is 0 Å². The van der Waals surface area contributed by atoms with Gasteiger partial charge < -0.3 is 37.8 Å². The highest BCUT2D eigenvalue weighted by molar-refractivity contribution is 7.62. The zero-order chi connectivity index (χ0) is 27.5. The van der Waals surface area contributed by atoms with Gasteiger partial charge in [-0.2, -0.15) is 0 Å². The molecule has 3 heterocycles. The molecule has 0 radical (unpaired) electrons. The molecule has 0 unspecified atom stereocenters. The van der Waals surface area contributed by atoms with E-state index in [0.29, 0.717) is 6.42 Å². The maximum atomic E-state index is 13.7. The van der Waals surface area contributed by atoms with E-state index in [0.717, 1.165) is 0 Å². The number of phenols is 2. The Labute approximate surface area is 222 Å². The van der Waals surface area contributed by atoms with Crippen molar-refractivity contribution in [2.45, 2.75) is 47.1 Å². The second-order valence-corrected chi connectivity index (χ2v) is 15.6. The molecule has 12 heteroatoms. The van der Waals surface area contributed by atoms with Crippen LogP contribution >= 0.6 is 15.2 Å². The first-order chi connectivity index (χ1) is 17.7. The number of hydrogen-bond donors (Lipinski definition) is 2. The highest BCUT2D eigenvalue weighted by atomic mass is 31.2. The van der Waals surface area contributed by atoms with Crippen molar-refractivity contribution in [1.82, 2.24) is 0 Å². The molecule has 2 aromatic carbocycles. The summed E-state index contributed by atoms with van der Waals surface area (Å²) in [5.41, 5.74) is -0.666. The summed E-state index contributed by atoms with van der Waals surface area (Å²) < 4.78 is 62.1. The van der Waals surface area contributed by atoms with Gasteiger partial charge in [-0.1, -0.05) is 27.7 Å². The van der Waals surface area contributed by atoms with Gasteiger partial charge in [-0.15, -0.1) is 0 Å². The molecule has 10 nitrogen and oxygen atoms in total. The molecule has 0 bridgehead atoms.